The lowest BCUT2D eigenvalue weighted by atomic mass is 10.0. The van der Waals surface area contributed by atoms with Gasteiger partial charge >= 0.3 is 5.97 Å². The molecule has 0 aromatic carbocycles. The summed E-state index contributed by atoms with van der Waals surface area (Å²) in [5, 5.41) is 4.12. The molecule has 126 valence electrons. The molecule has 7 nitrogen and oxygen atoms in total. The van der Waals surface area contributed by atoms with Crippen molar-refractivity contribution < 1.29 is 14.1 Å². The summed E-state index contributed by atoms with van der Waals surface area (Å²) in [6.45, 7) is 3.27. The molecular formula is C16H24N4O3. The van der Waals surface area contributed by atoms with Gasteiger partial charge in [0.15, 0.2) is 5.82 Å². The number of carbonyl (C=O) groups excluding carboxylic acids is 1. The second-order valence-electron chi connectivity index (χ2n) is 6.99. The zero-order valence-corrected chi connectivity index (χ0v) is 13.6. The Balaban J connectivity index is 1.35. The van der Waals surface area contributed by atoms with E-state index in [0.717, 1.165) is 50.6 Å². The van der Waals surface area contributed by atoms with Crippen molar-refractivity contribution in [3.8, 4) is 0 Å². The molecule has 0 amide bonds. The summed E-state index contributed by atoms with van der Waals surface area (Å²) in [4.78, 5) is 20.9. The van der Waals surface area contributed by atoms with E-state index in [1.165, 1.54) is 12.8 Å². The Kier molecular flexibility index (Phi) is 4.07. The molecule has 0 spiro atoms. The van der Waals surface area contributed by atoms with E-state index in [1.54, 1.807) is 0 Å². The molecule has 23 heavy (non-hydrogen) atoms. The maximum atomic E-state index is 11.8. The average molecular weight is 320 g/mol. The second-order valence-corrected chi connectivity index (χ2v) is 6.99. The zero-order valence-electron chi connectivity index (χ0n) is 13.6. The molecule has 3 heterocycles. The van der Waals surface area contributed by atoms with Gasteiger partial charge in [0.05, 0.1) is 13.2 Å². The molecule has 1 aliphatic carbocycles. The van der Waals surface area contributed by atoms with Crippen LogP contribution in [0.3, 0.4) is 0 Å². The molecule has 2 atom stereocenters. The Hall–Kier alpha value is -1.47. The lowest BCUT2D eigenvalue weighted by molar-refractivity contribution is -0.142. The predicted molar refractivity (Wildman–Crippen MR) is 81.7 cm³/mol. The van der Waals surface area contributed by atoms with Gasteiger partial charge in [-0.2, -0.15) is 4.98 Å². The van der Waals surface area contributed by atoms with E-state index in [9.17, 15) is 4.79 Å². The number of nitrogens with zero attached hydrogens (tertiary/aromatic N) is 4. The Bertz CT molecular complexity index is 571. The van der Waals surface area contributed by atoms with Crippen molar-refractivity contribution in [3.63, 3.8) is 0 Å². The molecule has 3 fully saturated rings. The van der Waals surface area contributed by atoms with Crippen LogP contribution >= 0.6 is 0 Å². The number of piperidine rings is 1. The first-order valence-corrected chi connectivity index (χ1v) is 8.64. The fraction of sp³-hybridized carbons (Fsp3) is 0.812. The molecule has 1 aromatic rings. The van der Waals surface area contributed by atoms with Crippen LogP contribution in [0.1, 0.15) is 49.7 Å². The van der Waals surface area contributed by atoms with Crippen LogP contribution in [0.15, 0.2) is 4.52 Å². The molecule has 2 aliphatic heterocycles. The maximum Gasteiger partial charge on any atom is 0.323 e. The van der Waals surface area contributed by atoms with Gasteiger partial charge in [0, 0.05) is 24.9 Å². The van der Waals surface area contributed by atoms with Crippen LogP contribution in [0.25, 0.3) is 0 Å². The van der Waals surface area contributed by atoms with E-state index in [-0.39, 0.29) is 12.0 Å². The molecule has 1 aromatic heterocycles. The van der Waals surface area contributed by atoms with Gasteiger partial charge in [-0.05, 0) is 39.3 Å². The number of likely N-dealkylation sites (N-methyl/N-ethyl adjacent to an activating group) is 1. The standard InChI is InChI=1S/C16H24N4O3/c1-19(13-6-8-22-16(13)21)12-3-2-7-20(9-12)10-14-17-15(23-18-14)11-4-5-11/h11-13H,2-10H2,1H3. The summed E-state index contributed by atoms with van der Waals surface area (Å²) in [6, 6.07) is 0.306. The number of cyclic esters (lactones) is 1. The SMILES string of the molecule is CN(C1CCCN(Cc2noc(C3CC3)n2)C1)C1CCOC1=O. The zero-order chi connectivity index (χ0) is 15.8. The van der Waals surface area contributed by atoms with Crippen LogP contribution in [-0.2, 0) is 16.1 Å². The number of aromatic nitrogens is 2. The molecule has 0 bridgehead atoms. The van der Waals surface area contributed by atoms with Crippen LogP contribution in [0.5, 0.6) is 0 Å². The van der Waals surface area contributed by atoms with E-state index < -0.39 is 0 Å². The Labute approximate surface area is 136 Å². The van der Waals surface area contributed by atoms with E-state index in [4.69, 9.17) is 9.26 Å². The minimum atomic E-state index is -0.0772. The smallest absolute Gasteiger partial charge is 0.323 e. The van der Waals surface area contributed by atoms with Crippen molar-refractivity contribution in [2.45, 2.75) is 56.7 Å². The summed E-state index contributed by atoms with van der Waals surface area (Å²) >= 11 is 0. The van der Waals surface area contributed by atoms with Crippen molar-refractivity contribution in [1.29, 1.82) is 0 Å². The Morgan fingerprint density at radius 2 is 2.17 bits per heavy atom. The fourth-order valence-electron chi connectivity index (χ4n) is 3.64. The average Bonchev–Trinajstić information content (AvgIpc) is 3.16. The fourth-order valence-corrected chi connectivity index (χ4v) is 3.64. The number of rotatable bonds is 5. The number of hydrogen-bond donors (Lipinski definition) is 0. The number of ether oxygens (including phenoxy) is 1. The Morgan fingerprint density at radius 3 is 2.91 bits per heavy atom. The van der Waals surface area contributed by atoms with Crippen molar-refractivity contribution in [1.82, 2.24) is 19.9 Å². The van der Waals surface area contributed by atoms with Crippen molar-refractivity contribution >= 4 is 5.97 Å². The predicted octanol–water partition coefficient (Wildman–Crippen LogP) is 1.16. The van der Waals surface area contributed by atoms with Crippen LogP contribution < -0.4 is 0 Å². The van der Waals surface area contributed by atoms with Gasteiger partial charge in [0.25, 0.3) is 0 Å². The number of likely N-dealkylation sites (tertiary alicyclic amines) is 1. The highest BCUT2D eigenvalue weighted by atomic mass is 16.5. The lowest BCUT2D eigenvalue weighted by Gasteiger charge is -2.38. The van der Waals surface area contributed by atoms with Crippen LogP contribution in [0, 0.1) is 0 Å². The van der Waals surface area contributed by atoms with Gasteiger partial charge in [-0.15, -0.1) is 0 Å². The van der Waals surface area contributed by atoms with E-state index in [2.05, 4.69) is 19.9 Å². The summed E-state index contributed by atoms with van der Waals surface area (Å²) < 4.78 is 10.4. The van der Waals surface area contributed by atoms with Gasteiger partial charge < -0.3 is 9.26 Å². The van der Waals surface area contributed by atoms with E-state index in [1.807, 2.05) is 7.05 Å². The molecule has 3 aliphatic rings. The van der Waals surface area contributed by atoms with Crippen molar-refractivity contribution in [3.05, 3.63) is 11.7 Å². The molecule has 0 radical (unpaired) electrons. The van der Waals surface area contributed by atoms with Crippen molar-refractivity contribution in [2.24, 2.45) is 0 Å². The highest BCUT2D eigenvalue weighted by Gasteiger charge is 2.36. The maximum absolute atomic E-state index is 11.8. The first kappa shape index (κ1) is 15.1. The van der Waals surface area contributed by atoms with Crippen LogP contribution in [0.4, 0.5) is 0 Å². The lowest BCUT2D eigenvalue weighted by Crippen LogP contribution is -2.50. The molecule has 0 N–H and O–H groups in total. The topological polar surface area (TPSA) is 71.7 Å². The van der Waals surface area contributed by atoms with Crippen LogP contribution in [0.2, 0.25) is 0 Å². The molecule has 2 unspecified atom stereocenters. The summed E-state index contributed by atoms with van der Waals surface area (Å²) in [6.07, 6.45) is 5.41. The molecule has 4 rings (SSSR count). The third-order valence-corrected chi connectivity index (χ3v) is 5.23. The summed E-state index contributed by atoms with van der Waals surface area (Å²) in [7, 11) is 2.05. The first-order valence-electron chi connectivity index (χ1n) is 8.64. The van der Waals surface area contributed by atoms with E-state index in [0.29, 0.717) is 18.6 Å². The number of hydrogen-bond acceptors (Lipinski definition) is 7. The highest BCUT2D eigenvalue weighted by molar-refractivity contribution is 5.77. The molecule has 2 saturated heterocycles. The third-order valence-electron chi connectivity index (χ3n) is 5.23. The molecular weight excluding hydrogens is 296 g/mol. The van der Waals surface area contributed by atoms with Gasteiger partial charge in [-0.3, -0.25) is 14.6 Å². The normalized spacial score (nSPS) is 29.2. The minimum Gasteiger partial charge on any atom is -0.464 e. The van der Waals surface area contributed by atoms with Gasteiger partial charge in [0.2, 0.25) is 5.89 Å². The van der Waals surface area contributed by atoms with Crippen molar-refractivity contribution in [2.75, 3.05) is 26.7 Å². The summed E-state index contributed by atoms with van der Waals surface area (Å²) in [5.41, 5.74) is 0. The number of carbonyl (C=O) groups is 1. The number of esters is 1. The highest BCUT2D eigenvalue weighted by Crippen LogP contribution is 2.38. The van der Waals surface area contributed by atoms with Gasteiger partial charge in [0.1, 0.15) is 6.04 Å². The second kappa shape index (κ2) is 6.20. The van der Waals surface area contributed by atoms with E-state index >= 15 is 0 Å². The largest absolute Gasteiger partial charge is 0.464 e. The third kappa shape index (κ3) is 3.26. The first-order chi connectivity index (χ1) is 11.2. The monoisotopic (exact) mass is 320 g/mol. The Morgan fingerprint density at radius 1 is 1.30 bits per heavy atom. The minimum absolute atomic E-state index is 0.0723. The molecule has 1 saturated carbocycles. The van der Waals surface area contributed by atoms with Gasteiger partial charge in [-0.1, -0.05) is 5.16 Å². The van der Waals surface area contributed by atoms with Gasteiger partial charge in [-0.25, -0.2) is 0 Å². The molecule has 7 heteroatoms. The van der Waals surface area contributed by atoms with Crippen LogP contribution in [-0.4, -0.2) is 64.7 Å². The quantitative estimate of drug-likeness (QED) is 0.754. The summed E-state index contributed by atoms with van der Waals surface area (Å²) in [5.74, 6) is 2.02.